The van der Waals surface area contributed by atoms with E-state index in [1.54, 1.807) is 10.7 Å². The van der Waals surface area contributed by atoms with Crippen molar-refractivity contribution in [1.29, 1.82) is 0 Å². The SMILES string of the molecule is Cc1cccc(-c2noc(C(C)NC(=O)c3cc(C)nn3C(C)C)n2)c1. The predicted octanol–water partition coefficient (Wildman–Crippen LogP) is 3.62. The fourth-order valence-electron chi connectivity index (χ4n) is 2.72. The highest BCUT2D eigenvalue weighted by atomic mass is 16.5. The van der Waals surface area contributed by atoms with Gasteiger partial charge in [-0.15, -0.1) is 0 Å². The minimum absolute atomic E-state index is 0.0936. The Morgan fingerprint density at radius 1 is 1.19 bits per heavy atom. The van der Waals surface area contributed by atoms with Crippen molar-refractivity contribution in [3.8, 4) is 11.4 Å². The van der Waals surface area contributed by atoms with Crippen molar-refractivity contribution < 1.29 is 9.32 Å². The largest absolute Gasteiger partial charge is 0.339 e. The van der Waals surface area contributed by atoms with Gasteiger partial charge >= 0.3 is 0 Å². The van der Waals surface area contributed by atoms with Crippen LogP contribution in [-0.4, -0.2) is 25.8 Å². The van der Waals surface area contributed by atoms with E-state index in [9.17, 15) is 4.79 Å². The quantitative estimate of drug-likeness (QED) is 0.757. The summed E-state index contributed by atoms with van der Waals surface area (Å²) in [5.74, 6) is 0.650. The van der Waals surface area contributed by atoms with Gasteiger partial charge in [-0.3, -0.25) is 9.48 Å². The Labute approximate surface area is 152 Å². The molecule has 2 heterocycles. The van der Waals surface area contributed by atoms with Crippen molar-refractivity contribution in [3.05, 3.63) is 53.2 Å². The van der Waals surface area contributed by atoms with Gasteiger partial charge in [0.25, 0.3) is 5.91 Å². The molecule has 136 valence electrons. The van der Waals surface area contributed by atoms with Crippen LogP contribution in [0.1, 0.15) is 60.5 Å². The molecule has 0 saturated heterocycles. The Kier molecular flexibility index (Phi) is 4.88. The minimum Gasteiger partial charge on any atom is -0.339 e. The number of benzene rings is 1. The van der Waals surface area contributed by atoms with Crippen LogP contribution in [0.5, 0.6) is 0 Å². The zero-order valence-corrected chi connectivity index (χ0v) is 15.6. The lowest BCUT2D eigenvalue weighted by atomic mass is 10.1. The Hall–Kier alpha value is -2.96. The number of hydrogen-bond donors (Lipinski definition) is 1. The van der Waals surface area contributed by atoms with Gasteiger partial charge in [-0.05, 0) is 46.8 Å². The molecule has 1 atom stereocenters. The average molecular weight is 353 g/mol. The number of nitrogens with one attached hydrogen (secondary N) is 1. The standard InChI is InChI=1S/C19H23N5O2/c1-11(2)24-16(10-13(4)22-24)18(25)20-14(5)19-21-17(23-26-19)15-8-6-7-12(3)9-15/h6-11,14H,1-5H3,(H,20,25). The Bertz CT molecular complexity index is 926. The molecule has 0 aliphatic carbocycles. The maximum Gasteiger partial charge on any atom is 0.270 e. The fraction of sp³-hybridized carbons (Fsp3) is 0.368. The molecule has 1 amide bonds. The fourth-order valence-corrected chi connectivity index (χ4v) is 2.72. The number of nitrogens with zero attached hydrogens (tertiary/aromatic N) is 4. The summed E-state index contributed by atoms with van der Waals surface area (Å²) in [6.45, 7) is 9.66. The third-order valence-electron chi connectivity index (χ3n) is 4.02. The number of aromatic nitrogens is 4. The monoisotopic (exact) mass is 353 g/mol. The van der Waals surface area contributed by atoms with Crippen LogP contribution in [0.4, 0.5) is 0 Å². The van der Waals surface area contributed by atoms with E-state index < -0.39 is 6.04 Å². The van der Waals surface area contributed by atoms with Gasteiger partial charge in [0.05, 0.1) is 5.69 Å². The van der Waals surface area contributed by atoms with E-state index >= 15 is 0 Å². The molecule has 1 N–H and O–H groups in total. The number of carbonyl (C=O) groups is 1. The smallest absolute Gasteiger partial charge is 0.270 e. The Balaban J connectivity index is 1.76. The van der Waals surface area contributed by atoms with E-state index in [2.05, 4.69) is 20.6 Å². The topological polar surface area (TPSA) is 85.8 Å². The third kappa shape index (κ3) is 3.66. The lowest BCUT2D eigenvalue weighted by molar-refractivity contribution is 0.0919. The molecule has 7 nitrogen and oxygen atoms in total. The van der Waals surface area contributed by atoms with Gasteiger partial charge < -0.3 is 9.84 Å². The molecule has 1 aromatic carbocycles. The second kappa shape index (κ2) is 7.11. The Morgan fingerprint density at radius 3 is 2.65 bits per heavy atom. The summed E-state index contributed by atoms with van der Waals surface area (Å²) in [7, 11) is 0. The molecule has 26 heavy (non-hydrogen) atoms. The van der Waals surface area contributed by atoms with Crippen LogP contribution in [0.3, 0.4) is 0 Å². The van der Waals surface area contributed by atoms with Crippen molar-refractivity contribution in [2.75, 3.05) is 0 Å². The first-order chi connectivity index (χ1) is 12.3. The number of aryl methyl sites for hydroxylation is 2. The average Bonchev–Trinajstić information content (AvgIpc) is 3.21. The van der Waals surface area contributed by atoms with Crippen LogP contribution in [-0.2, 0) is 0 Å². The molecule has 0 aliphatic heterocycles. The van der Waals surface area contributed by atoms with E-state index in [1.165, 1.54) is 0 Å². The number of hydrogen-bond acceptors (Lipinski definition) is 5. The normalized spacial score (nSPS) is 12.4. The van der Waals surface area contributed by atoms with Gasteiger partial charge in [0, 0.05) is 11.6 Å². The first-order valence-electron chi connectivity index (χ1n) is 8.63. The molecule has 7 heteroatoms. The molecular weight excluding hydrogens is 330 g/mol. The first-order valence-corrected chi connectivity index (χ1v) is 8.63. The number of amides is 1. The third-order valence-corrected chi connectivity index (χ3v) is 4.02. The summed E-state index contributed by atoms with van der Waals surface area (Å²) in [6, 6.07) is 9.32. The molecule has 0 fully saturated rings. The van der Waals surface area contributed by atoms with E-state index in [4.69, 9.17) is 4.52 Å². The lowest BCUT2D eigenvalue weighted by Gasteiger charge is -2.13. The van der Waals surface area contributed by atoms with E-state index in [-0.39, 0.29) is 11.9 Å². The zero-order chi connectivity index (χ0) is 18.8. The number of carbonyl (C=O) groups excluding carboxylic acids is 1. The van der Waals surface area contributed by atoms with Crippen LogP contribution in [0.2, 0.25) is 0 Å². The van der Waals surface area contributed by atoms with Crippen LogP contribution >= 0.6 is 0 Å². The summed E-state index contributed by atoms with van der Waals surface area (Å²) in [5, 5.41) is 11.3. The zero-order valence-electron chi connectivity index (χ0n) is 15.6. The van der Waals surface area contributed by atoms with Gasteiger partial charge in [-0.1, -0.05) is 28.9 Å². The second-order valence-electron chi connectivity index (χ2n) is 6.73. The maximum atomic E-state index is 12.6. The van der Waals surface area contributed by atoms with Crippen LogP contribution in [0.25, 0.3) is 11.4 Å². The summed E-state index contributed by atoms with van der Waals surface area (Å²) in [4.78, 5) is 17.0. The second-order valence-corrected chi connectivity index (χ2v) is 6.73. The van der Waals surface area contributed by atoms with Crippen molar-refractivity contribution in [2.24, 2.45) is 0 Å². The molecule has 0 bridgehead atoms. The van der Waals surface area contributed by atoms with Gasteiger partial charge in [-0.2, -0.15) is 10.1 Å². The molecule has 0 radical (unpaired) electrons. The molecule has 0 aliphatic rings. The molecule has 2 aromatic heterocycles. The van der Waals surface area contributed by atoms with Crippen molar-refractivity contribution in [3.63, 3.8) is 0 Å². The van der Waals surface area contributed by atoms with Gasteiger partial charge in [0.2, 0.25) is 11.7 Å². The summed E-state index contributed by atoms with van der Waals surface area (Å²) < 4.78 is 7.05. The summed E-state index contributed by atoms with van der Waals surface area (Å²) in [5.41, 5.74) is 3.32. The van der Waals surface area contributed by atoms with Crippen LogP contribution in [0.15, 0.2) is 34.9 Å². The van der Waals surface area contributed by atoms with Crippen LogP contribution in [0, 0.1) is 13.8 Å². The highest BCUT2D eigenvalue weighted by Gasteiger charge is 2.21. The van der Waals surface area contributed by atoms with Crippen LogP contribution < -0.4 is 5.32 Å². The van der Waals surface area contributed by atoms with E-state index in [0.29, 0.717) is 17.4 Å². The minimum atomic E-state index is -0.413. The molecule has 0 spiro atoms. The first kappa shape index (κ1) is 17.8. The van der Waals surface area contributed by atoms with Crippen molar-refractivity contribution in [1.82, 2.24) is 25.2 Å². The molecule has 1 unspecified atom stereocenters. The predicted molar refractivity (Wildman–Crippen MR) is 97.7 cm³/mol. The number of rotatable bonds is 5. The molecule has 3 aromatic rings. The van der Waals surface area contributed by atoms with E-state index in [0.717, 1.165) is 16.8 Å². The summed E-state index contributed by atoms with van der Waals surface area (Å²) in [6.07, 6.45) is 0. The molecule has 3 rings (SSSR count). The maximum absolute atomic E-state index is 12.6. The molecular formula is C19H23N5O2. The van der Waals surface area contributed by atoms with Crippen molar-refractivity contribution in [2.45, 2.75) is 46.7 Å². The van der Waals surface area contributed by atoms with Gasteiger partial charge in [0.1, 0.15) is 11.7 Å². The van der Waals surface area contributed by atoms with E-state index in [1.807, 2.05) is 58.9 Å². The highest BCUT2D eigenvalue weighted by molar-refractivity contribution is 5.92. The van der Waals surface area contributed by atoms with Gasteiger partial charge in [0.15, 0.2) is 0 Å². The lowest BCUT2D eigenvalue weighted by Crippen LogP contribution is -2.29. The van der Waals surface area contributed by atoms with Crippen molar-refractivity contribution >= 4 is 5.91 Å². The molecule has 0 saturated carbocycles. The highest BCUT2D eigenvalue weighted by Crippen LogP contribution is 2.20. The summed E-state index contributed by atoms with van der Waals surface area (Å²) >= 11 is 0. The Morgan fingerprint density at radius 2 is 1.96 bits per heavy atom. The van der Waals surface area contributed by atoms with Gasteiger partial charge in [-0.25, -0.2) is 0 Å².